The van der Waals surface area contributed by atoms with Crippen molar-refractivity contribution >= 4 is 45.8 Å². The number of primary amides is 1. The number of anilines is 1. The second kappa shape index (κ2) is 8.35. The Balaban J connectivity index is 1.76. The Hall–Kier alpha value is -3.86. The van der Waals surface area contributed by atoms with E-state index in [1.807, 2.05) is 6.92 Å². The zero-order valence-corrected chi connectivity index (χ0v) is 18.1. The molecule has 0 radical (unpaired) electrons. The van der Waals surface area contributed by atoms with Gasteiger partial charge < -0.3 is 21.5 Å². The van der Waals surface area contributed by atoms with E-state index < -0.39 is 17.9 Å². The normalized spacial score (nSPS) is 12.2. The summed E-state index contributed by atoms with van der Waals surface area (Å²) in [5, 5.41) is 12.2. The van der Waals surface area contributed by atoms with Crippen molar-refractivity contribution in [3.8, 4) is 5.75 Å². The number of nitrogen functional groups attached to an aromatic ring is 1. The zero-order chi connectivity index (χ0) is 23.0. The van der Waals surface area contributed by atoms with Gasteiger partial charge in [-0.1, -0.05) is 11.6 Å². The molecule has 0 bridgehead atoms. The SMILES string of the molecule is CCOc1c(C(C)NC(=O)c2c(N)nn3cccnc23)cc(Cl)c2cnn(CC(N)=O)c12. The molecule has 1 atom stereocenters. The molecule has 3 aromatic heterocycles. The van der Waals surface area contributed by atoms with E-state index in [0.717, 1.165) is 0 Å². The van der Waals surface area contributed by atoms with E-state index in [1.54, 1.807) is 37.6 Å². The smallest absolute Gasteiger partial charge is 0.259 e. The van der Waals surface area contributed by atoms with Gasteiger partial charge in [-0.05, 0) is 26.0 Å². The molecule has 11 nitrogen and oxygen atoms in total. The maximum absolute atomic E-state index is 13.1. The van der Waals surface area contributed by atoms with Gasteiger partial charge in [0.1, 0.15) is 17.6 Å². The molecule has 32 heavy (non-hydrogen) atoms. The summed E-state index contributed by atoms with van der Waals surface area (Å²) in [4.78, 5) is 28.8. The van der Waals surface area contributed by atoms with E-state index in [-0.39, 0.29) is 17.9 Å². The molecule has 1 unspecified atom stereocenters. The zero-order valence-electron chi connectivity index (χ0n) is 17.4. The molecule has 4 rings (SSSR count). The average molecular weight is 457 g/mol. The molecule has 3 heterocycles. The molecule has 0 aliphatic heterocycles. The lowest BCUT2D eigenvalue weighted by Crippen LogP contribution is -2.28. The highest BCUT2D eigenvalue weighted by atomic mass is 35.5. The number of rotatable bonds is 7. The molecule has 0 fully saturated rings. The molecule has 0 aliphatic rings. The number of nitrogens with two attached hydrogens (primary N) is 2. The lowest BCUT2D eigenvalue weighted by Gasteiger charge is -2.20. The van der Waals surface area contributed by atoms with Gasteiger partial charge in [-0.25, -0.2) is 9.50 Å². The minimum Gasteiger partial charge on any atom is -0.491 e. The van der Waals surface area contributed by atoms with E-state index in [9.17, 15) is 9.59 Å². The Kier molecular flexibility index (Phi) is 5.57. The molecular formula is C20H21ClN8O3. The Morgan fingerprint density at radius 1 is 1.38 bits per heavy atom. The Labute approximate surface area is 187 Å². The van der Waals surface area contributed by atoms with Crippen LogP contribution in [0.2, 0.25) is 5.02 Å². The van der Waals surface area contributed by atoms with Crippen molar-refractivity contribution in [2.45, 2.75) is 26.4 Å². The Morgan fingerprint density at radius 2 is 2.16 bits per heavy atom. The molecule has 166 valence electrons. The first-order chi connectivity index (χ1) is 15.3. The number of ether oxygens (including phenoxy) is 1. The summed E-state index contributed by atoms with van der Waals surface area (Å²) in [7, 11) is 0. The van der Waals surface area contributed by atoms with Crippen LogP contribution in [0.15, 0.2) is 30.7 Å². The quantitative estimate of drug-likeness (QED) is 0.382. The van der Waals surface area contributed by atoms with Crippen LogP contribution in [-0.4, -0.2) is 42.8 Å². The second-order valence-electron chi connectivity index (χ2n) is 7.08. The summed E-state index contributed by atoms with van der Waals surface area (Å²) in [6.07, 6.45) is 4.75. The van der Waals surface area contributed by atoms with Gasteiger partial charge in [0.2, 0.25) is 5.91 Å². The highest BCUT2D eigenvalue weighted by molar-refractivity contribution is 6.35. The first kappa shape index (κ1) is 21.4. The summed E-state index contributed by atoms with van der Waals surface area (Å²) in [5.41, 5.74) is 13.0. The van der Waals surface area contributed by atoms with Gasteiger partial charge in [0.05, 0.1) is 23.9 Å². The number of amides is 2. The summed E-state index contributed by atoms with van der Waals surface area (Å²) < 4.78 is 8.76. The van der Waals surface area contributed by atoms with Crippen molar-refractivity contribution in [2.24, 2.45) is 5.73 Å². The molecule has 0 aliphatic carbocycles. The predicted molar refractivity (Wildman–Crippen MR) is 118 cm³/mol. The monoisotopic (exact) mass is 456 g/mol. The number of carbonyl (C=O) groups excluding carboxylic acids is 2. The minimum atomic E-state index is -0.559. The molecule has 4 aromatic rings. The molecule has 1 aromatic carbocycles. The van der Waals surface area contributed by atoms with Crippen molar-refractivity contribution in [3.05, 3.63) is 46.9 Å². The lowest BCUT2D eigenvalue weighted by molar-refractivity contribution is -0.118. The van der Waals surface area contributed by atoms with Gasteiger partial charge in [0.25, 0.3) is 5.91 Å². The number of hydrogen-bond donors (Lipinski definition) is 3. The number of aromatic nitrogens is 5. The summed E-state index contributed by atoms with van der Waals surface area (Å²) in [6.45, 7) is 3.81. The number of hydrogen-bond acceptors (Lipinski definition) is 7. The summed E-state index contributed by atoms with van der Waals surface area (Å²) in [5.74, 6) is -0.500. The van der Waals surface area contributed by atoms with Crippen molar-refractivity contribution < 1.29 is 14.3 Å². The predicted octanol–water partition coefficient (Wildman–Crippen LogP) is 1.69. The Morgan fingerprint density at radius 3 is 2.88 bits per heavy atom. The number of carbonyl (C=O) groups is 2. The summed E-state index contributed by atoms with van der Waals surface area (Å²) in [6, 6.07) is 2.85. The molecule has 0 saturated heterocycles. The third-order valence-corrected chi connectivity index (χ3v) is 5.23. The van der Waals surface area contributed by atoms with Crippen LogP contribution in [0.5, 0.6) is 5.75 Å². The fourth-order valence-electron chi connectivity index (χ4n) is 3.57. The maximum Gasteiger partial charge on any atom is 0.259 e. The van der Waals surface area contributed by atoms with Crippen LogP contribution in [-0.2, 0) is 11.3 Å². The molecule has 5 N–H and O–H groups in total. The molecule has 0 saturated carbocycles. The third-order valence-electron chi connectivity index (χ3n) is 4.91. The highest BCUT2D eigenvalue weighted by Gasteiger charge is 2.25. The average Bonchev–Trinajstić information content (AvgIpc) is 3.30. The topological polar surface area (TPSA) is 155 Å². The number of fused-ring (bicyclic) bond motifs is 2. The van der Waals surface area contributed by atoms with Gasteiger partial charge in [0, 0.05) is 23.3 Å². The van der Waals surface area contributed by atoms with E-state index in [1.165, 1.54) is 9.20 Å². The van der Waals surface area contributed by atoms with Gasteiger partial charge in [-0.2, -0.15) is 5.10 Å². The van der Waals surface area contributed by atoms with Gasteiger partial charge >= 0.3 is 0 Å². The van der Waals surface area contributed by atoms with Crippen molar-refractivity contribution in [2.75, 3.05) is 12.3 Å². The van der Waals surface area contributed by atoms with Crippen LogP contribution >= 0.6 is 11.6 Å². The molecule has 0 spiro atoms. The molecular weight excluding hydrogens is 436 g/mol. The highest BCUT2D eigenvalue weighted by Crippen LogP contribution is 2.38. The number of nitrogens with zero attached hydrogens (tertiary/aromatic N) is 5. The minimum absolute atomic E-state index is 0.0615. The van der Waals surface area contributed by atoms with E-state index in [2.05, 4.69) is 20.5 Å². The van der Waals surface area contributed by atoms with E-state index in [4.69, 9.17) is 27.8 Å². The van der Waals surface area contributed by atoms with Gasteiger partial charge in [-0.3, -0.25) is 14.3 Å². The van der Waals surface area contributed by atoms with E-state index in [0.29, 0.717) is 39.5 Å². The van der Waals surface area contributed by atoms with Gasteiger partial charge in [0.15, 0.2) is 17.2 Å². The lowest BCUT2D eigenvalue weighted by atomic mass is 10.0. The van der Waals surface area contributed by atoms with Crippen LogP contribution < -0.4 is 21.5 Å². The van der Waals surface area contributed by atoms with Gasteiger partial charge in [-0.15, -0.1) is 5.10 Å². The number of nitrogens with one attached hydrogen (secondary N) is 1. The first-order valence-electron chi connectivity index (χ1n) is 9.80. The van der Waals surface area contributed by atoms with Crippen LogP contribution in [0, 0.1) is 0 Å². The first-order valence-corrected chi connectivity index (χ1v) is 10.2. The number of halogens is 1. The van der Waals surface area contributed by atoms with Crippen molar-refractivity contribution in [3.63, 3.8) is 0 Å². The van der Waals surface area contributed by atoms with Crippen LogP contribution in [0.4, 0.5) is 5.82 Å². The molecule has 12 heteroatoms. The maximum atomic E-state index is 13.1. The Bertz CT molecular complexity index is 1350. The fourth-order valence-corrected chi connectivity index (χ4v) is 3.83. The summed E-state index contributed by atoms with van der Waals surface area (Å²) >= 11 is 6.49. The van der Waals surface area contributed by atoms with E-state index >= 15 is 0 Å². The van der Waals surface area contributed by atoms with Crippen LogP contribution in [0.3, 0.4) is 0 Å². The van der Waals surface area contributed by atoms with Crippen LogP contribution in [0.1, 0.15) is 35.8 Å². The third kappa shape index (κ3) is 3.66. The molecule has 2 amide bonds. The van der Waals surface area contributed by atoms with Crippen LogP contribution in [0.25, 0.3) is 16.6 Å². The second-order valence-corrected chi connectivity index (χ2v) is 7.49. The van der Waals surface area contributed by atoms with Crippen molar-refractivity contribution in [1.82, 2.24) is 29.7 Å². The van der Waals surface area contributed by atoms with Crippen molar-refractivity contribution in [1.29, 1.82) is 0 Å². The fraction of sp³-hybridized carbons (Fsp3) is 0.250. The standard InChI is InChI=1S/C20H21ClN8O3/c1-3-32-17-11(7-13(21)12-8-25-29(16(12)17)9-14(22)30)10(2)26-20(31)15-18(23)27-28-6-4-5-24-19(15)28/h4-8,10H,3,9H2,1-2H3,(H2,22,30)(H2,23,27)(H,26,31). The number of benzene rings is 1. The largest absolute Gasteiger partial charge is 0.491 e.